The smallest absolute Gasteiger partial charge is 0.309 e. The number of aliphatic carboxylic acids is 1. The fourth-order valence-corrected chi connectivity index (χ4v) is 2.87. The standard InChI is InChI=1S/C19H19N3O3/c1-13-4-14(9-22-10-17(11-22)19(23)24)2-3-18(13)25-12-16-5-15(6-20)7-21-8-16/h2-5,7-8,17H,9-12H2,1H3,(H,23,24). The summed E-state index contributed by atoms with van der Waals surface area (Å²) in [7, 11) is 0. The fraction of sp³-hybridized carbons (Fsp3) is 0.316. The van der Waals surface area contributed by atoms with Crippen molar-refractivity contribution in [3.05, 3.63) is 58.9 Å². The number of carboxylic acid groups (broad SMARTS) is 1. The van der Waals surface area contributed by atoms with Gasteiger partial charge in [0.25, 0.3) is 0 Å². The molecule has 6 heteroatoms. The molecule has 0 amide bonds. The Morgan fingerprint density at radius 2 is 2.16 bits per heavy atom. The quantitative estimate of drug-likeness (QED) is 0.871. The maximum Gasteiger partial charge on any atom is 0.309 e. The second-order valence-corrected chi connectivity index (χ2v) is 6.31. The Morgan fingerprint density at radius 3 is 2.84 bits per heavy atom. The molecule has 2 heterocycles. The van der Waals surface area contributed by atoms with Crippen LogP contribution in [-0.2, 0) is 17.9 Å². The highest BCUT2D eigenvalue weighted by Crippen LogP contribution is 2.24. The van der Waals surface area contributed by atoms with E-state index in [1.165, 1.54) is 6.20 Å². The number of likely N-dealkylation sites (tertiary alicyclic amines) is 1. The van der Waals surface area contributed by atoms with Crippen molar-refractivity contribution in [1.29, 1.82) is 5.26 Å². The van der Waals surface area contributed by atoms with Crippen LogP contribution in [-0.4, -0.2) is 34.0 Å². The van der Waals surface area contributed by atoms with Crippen LogP contribution in [0.5, 0.6) is 5.75 Å². The molecule has 0 atom stereocenters. The Balaban J connectivity index is 1.57. The molecule has 1 aliphatic heterocycles. The van der Waals surface area contributed by atoms with E-state index in [-0.39, 0.29) is 5.92 Å². The summed E-state index contributed by atoms with van der Waals surface area (Å²) < 4.78 is 5.83. The van der Waals surface area contributed by atoms with Crippen molar-refractivity contribution in [2.24, 2.45) is 5.92 Å². The van der Waals surface area contributed by atoms with Crippen molar-refractivity contribution >= 4 is 5.97 Å². The minimum atomic E-state index is -0.717. The van der Waals surface area contributed by atoms with E-state index in [4.69, 9.17) is 15.1 Å². The summed E-state index contributed by atoms with van der Waals surface area (Å²) in [5, 5.41) is 17.8. The predicted molar refractivity (Wildman–Crippen MR) is 90.9 cm³/mol. The lowest BCUT2D eigenvalue weighted by Crippen LogP contribution is -2.49. The minimum Gasteiger partial charge on any atom is -0.489 e. The Labute approximate surface area is 146 Å². The first-order valence-corrected chi connectivity index (χ1v) is 8.06. The molecule has 0 bridgehead atoms. The number of hydrogen-bond donors (Lipinski definition) is 1. The minimum absolute atomic E-state index is 0.235. The van der Waals surface area contributed by atoms with Crippen molar-refractivity contribution in [3.63, 3.8) is 0 Å². The van der Waals surface area contributed by atoms with Crippen molar-refractivity contribution in [3.8, 4) is 11.8 Å². The Kier molecular flexibility index (Phi) is 4.96. The maximum absolute atomic E-state index is 10.8. The van der Waals surface area contributed by atoms with Gasteiger partial charge in [-0.25, -0.2) is 0 Å². The molecular weight excluding hydrogens is 318 g/mol. The predicted octanol–water partition coefficient (Wildman–Crippen LogP) is 2.36. The third-order valence-corrected chi connectivity index (χ3v) is 4.27. The normalized spacial score (nSPS) is 14.6. The van der Waals surface area contributed by atoms with Gasteiger partial charge >= 0.3 is 5.97 Å². The molecule has 2 aromatic rings. The number of nitriles is 1. The van der Waals surface area contributed by atoms with E-state index < -0.39 is 5.97 Å². The molecule has 1 saturated heterocycles. The number of aromatic nitrogens is 1. The van der Waals surface area contributed by atoms with E-state index in [1.807, 2.05) is 19.1 Å². The average molecular weight is 337 g/mol. The molecule has 1 N–H and O–H groups in total. The van der Waals surface area contributed by atoms with Crippen LogP contribution in [0.25, 0.3) is 0 Å². The van der Waals surface area contributed by atoms with Crippen LogP contribution in [0.4, 0.5) is 0 Å². The van der Waals surface area contributed by atoms with Crippen LogP contribution in [0.3, 0.4) is 0 Å². The van der Waals surface area contributed by atoms with Gasteiger partial charge in [0.1, 0.15) is 18.4 Å². The SMILES string of the molecule is Cc1cc(CN2CC(C(=O)O)C2)ccc1OCc1cncc(C#N)c1. The molecule has 1 aromatic heterocycles. The second kappa shape index (κ2) is 7.32. The summed E-state index contributed by atoms with van der Waals surface area (Å²) in [6.45, 7) is 4.30. The highest BCUT2D eigenvalue weighted by Gasteiger charge is 2.32. The van der Waals surface area contributed by atoms with Crippen LogP contribution < -0.4 is 4.74 Å². The number of nitrogens with zero attached hydrogens (tertiary/aromatic N) is 3. The zero-order valence-corrected chi connectivity index (χ0v) is 14.0. The van der Waals surface area contributed by atoms with Crippen LogP contribution in [0, 0.1) is 24.2 Å². The van der Waals surface area contributed by atoms with Gasteiger partial charge in [-0.05, 0) is 30.2 Å². The van der Waals surface area contributed by atoms with E-state index in [1.54, 1.807) is 12.3 Å². The van der Waals surface area contributed by atoms with E-state index in [0.29, 0.717) is 25.3 Å². The van der Waals surface area contributed by atoms with Gasteiger partial charge in [0.15, 0.2) is 0 Å². The first kappa shape index (κ1) is 16.9. The molecule has 0 spiro atoms. The molecule has 25 heavy (non-hydrogen) atoms. The Hall–Kier alpha value is -2.91. The first-order chi connectivity index (χ1) is 12.0. The maximum atomic E-state index is 10.8. The summed E-state index contributed by atoms with van der Waals surface area (Å²) in [4.78, 5) is 17.0. The monoisotopic (exact) mass is 337 g/mol. The van der Waals surface area contributed by atoms with Gasteiger partial charge in [-0.1, -0.05) is 12.1 Å². The molecule has 3 rings (SSSR count). The van der Waals surface area contributed by atoms with Crippen molar-refractivity contribution < 1.29 is 14.6 Å². The van der Waals surface area contributed by atoms with E-state index in [9.17, 15) is 4.79 Å². The first-order valence-electron chi connectivity index (χ1n) is 8.06. The van der Waals surface area contributed by atoms with Crippen LogP contribution in [0.15, 0.2) is 36.7 Å². The van der Waals surface area contributed by atoms with Gasteiger partial charge in [-0.3, -0.25) is 14.7 Å². The number of carbonyl (C=O) groups is 1. The molecule has 1 aromatic carbocycles. The molecule has 0 aliphatic carbocycles. The lowest BCUT2D eigenvalue weighted by Gasteiger charge is -2.36. The van der Waals surface area contributed by atoms with Crippen LogP contribution in [0.2, 0.25) is 0 Å². The number of rotatable bonds is 6. The van der Waals surface area contributed by atoms with Crippen LogP contribution in [0.1, 0.15) is 22.3 Å². The highest BCUT2D eigenvalue weighted by molar-refractivity contribution is 5.71. The number of hydrogen-bond acceptors (Lipinski definition) is 5. The van der Waals surface area contributed by atoms with E-state index in [0.717, 1.165) is 29.0 Å². The summed E-state index contributed by atoms with van der Waals surface area (Å²) >= 11 is 0. The van der Waals surface area contributed by atoms with Gasteiger partial charge in [0, 0.05) is 37.6 Å². The van der Waals surface area contributed by atoms with Crippen molar-refractivity contribution in [2.75, 3.05) is 13.1 Å². The number of ether oxygens (including phenoxy) is 1. The number of aryl methyl sites for hydroxylation is 1. The lowest BCUT2D eigenvalue weighted by molar-refractivity contribution is -0.147. The topological polar surface area (TPSA) is 86.5 Å². The zero-order chi connectivity index (χ0) is 17.8. The molecular formula is C19H19N3O3. The van der Waals surface area contributed by atoms with Gasteiger partial charge in [0.05, 0.1) is 11.5 Å². The molecule has 1 aliphatic rings. The highest BCUT2D eigenvalue weighted by atomic mass is 16.5. The molecule has 128 valence electrons. The van der Waals surface area contributed by atoms with E-state index >= 15 is 0 Å². The molecule has 1 fully saturated rings. The van der Waals surface area contributed by atoms with Gasteiger partial charge in [-0.15, -0.1) is 0 Å². The summed E-state index contributed by atoms with van der Waals surface area (Å²) in [6, 6.07) is 9.82. The van der Waals surface area contributed by atoms with Gasteiger partial charge < -0.3 is 9.84 Å². The van der Waals surface area contributed by atoms with Crippen molar-refractivity contribution in [2.45, 2.75) is 20.1 Å². The molecule has 0 radical (unpaired) electrons. The number of pyridine rings is 1. The van der Waals surface area contributed by atoms with Gasteiger partial charge in [-0.2, -0.15) is 5.26 Å². The summed E-state index contributed by atoms with van der Waals surface area (Å²) in [5.41, 5.74) is 3.53. The third kappa shape index (κ3) is 4.14. The van der Waals surface area contributed by atoms with Crippen molar-refractivity contribution in [1.82, 2.24) is 9.88 Å². The summed E-state index contributed by atoms with van der Waals surface area (Å²) in [6.07, 6.45) is 3.21. The third-order valence-electron chi connectivity index (χ3n) is 4.27. The Bertz CT molecular complexity index is 823. The Morgan fingerprint density at radius 1 is 1.36 bits per heavy atom. The number of benzene rings is 1. The molecule has 6 nitrogen and oxygen atoms in total. The molecule has 0 saturated carbocycles. The number of carboxylic acids is 1. The largest absolute Gasteiger partial charge is 0.489 e. The average Bonchev–Trinajstić information content (AvgIpc) is 2.56. The summed E-state index contributed by atoms with van der Waals surface area (Å²) in [5.74, 6) is -0.161. The zero-order valence-electron chi connectivity index (χ0n) is 14.0. The van der Waals surface area contributed by atoms with Gasteiger partial charge in [0.2, 0.25) is 0 Å². The van der Waals surface area contributed by atoms with E-state index in [2.05, 4.69) is 22.0 Å². The fourth-order valence-electron chi connectivity index (χ4n) is 2.87. The second-order valence-electron chi connectivity index (χ2n) is 6.31. The molecule has 0 unspecified atom stereocenters. The van der Waals surface area contributed by atoms with Crippen LogP contribution >= 0.6 is 0 Å². The lowest BCUT2D eigenvalue weighted by atomic mass is 9.99.